The third-order valence-corrected chi connectivity index (χ3v) is 2.64. The third kappa shape index (κ3) is 3.04. The summed E-state index contributed by atoms with van der Waals surface area (Å²) >= 11 is 0. The van der Waals surface area contributed by atoms with Crippen LogP contribution in [0.25, 0.3) is 0 Å². The molecule has 0 aliphatic heterocycles. The van der Waals surface area contributed by atoms with E-state index in [4.69, 9.17) is 9.47 Å². The van der Waals surface area contributed by atoms with Gasteiger partial charge in [-0.15, -0.1) is 0 Å². The molecule has 0 fully saturated rings. The van der Waals surface area contributed by atoms with Crippen LogP contribution in [0.5, 0.6) is 11.5 Å². The van der Waals surface area contributed by atoms with Crippen LogP contribution < -0.4 is 14.8 Å². The average molecular weight is 261 g/mol. The highest BCUT2D eigenvalue weighted by Crippen LogP contribution is 2.27. The first kappa shape index (κ1) is 12.9. The van der Waals surface area contributed by atoms with Gasteiger partial charge in [0.1, 0.15) is 0 Å². The second-order valence-electron chi connectivity index (χ2n) is 3.83. The molecule has 100 valence electrons. The van der Waals surface area contributed by atoms with Crippen molar-refractivity contribution in [1.82, 2.24) is 15.3 Å². The summed E-state index contributed by atoms with van der Waals surface area (Å²) in [5.41, 5.74) is 1.35. The topological polar surface area (TPSA) is 76.2 Å². The number of benzene rings is 1. The number of aromatic amines is 1. The van der Waals surface area contributed by atoms with Crippen molar-refractivity contribution < 1.29 is 14.3 Å². The number of carbonyl (C=O) groups is 1. The number of imidazole rings is 1. The van der Waals surface area contributed by atoms with Crippen molar-refractivity contribution in [2.75, 3.05) is 14.2 Å². The van der Waals surface area contributed by atoms with Crippen LogP contribution in [0, 0.1) is 0 Å². The van der Waals surface area contributed by atoms with Crippen molar-refractivity contribution in [2.24, 2.45) is 0 Å². The molecule has 0 saturated heterocycles. The molecule has 0 atom stereocenters. The number of hydrogen-bond acceptors (Lipinski definition) is 4. The van der Waals surface area contributed by atoms with E-state index in [1.165, 1.54) is 7.11 Å². The van der Waals surface area contributed by atoms with Gasteiger partial charge in [-0.1, -0.05) is 0 Å². The van der Waals surface area contributed by atoms with Gasteiger partial charge in [0.15, 0.2) is 11.5 Å². The molecule has 0 bridgehead atoms. The SMILES string of the molecule is COc1ccc(C(=O)NCc2cnc[nH]2)cc1OC. The Morgan fingerprint density at radius 1 is 1.32 bits per heavy atom. The number of nitrogens with one attached hydrogen (secondary N) is 2. The van der Waals surface area contributed by atoms with E-state index in [-0.39, 0.29) is 5.91 Å². The summed E-state index contributed by atoms with van der Waals surface area (Å²) in [6, 6.07) is 5.02. The zero-order valence-corrected chi connectivity index (χ0v) is 10.8. The fourth-order valence-corrected chi connectivity index (χ4v) is 1.64. The van der Waals surface area contributed by atoms with Gasteiger partial charge in [-0.3, -0.25) is 4.79 Å². The van der Waals surface area contributed by atoms with Crippen LogP contribution in [0.2, 0.25) is 0 Å². The lowest BCUT2D eigenvalue weighted by Crippen LogP contribution is -2.22. The zero-order valence-electron chi connectivity index (χ0n) is 10.8. The lowest BCUT2D eigenvalue weighted by atomic mass is 10.2. The van der Waals surface area contributed by atoms with Crippen LogP contribution in [0.1, 0.15) is 16.1 Å². The van der Waals surface area contributed by atoms with E-state index in [2.05, 4.69) is 15.3 Å². The van der Waals surface area contributed by atoms with E-state index in [0.29, 0.717) is 23.6 Å². The highest BCUT2D eigenvalue weighted by atomic mass is 16.5. The molecule has 19 heavy (non-hydrogen) atoms. The number of rotatable bonds is 5. The summed E-state index contributed by atoms with van der Waals surface area (Å²) in [4.78, 5) is 18.8. The number of nitrogens with zero attached hydrogens (tertiary/aromatic N) is 1. The molecule has 0 radical (unpaired) electrons. The molecule has 0 aliphatic rings. The van der Waals surface area contributed by atoms with Gasteiger partial charge in [0, 0.05) is 11.8 Å². The molecular formula is C13H15N3O3. The normalized spacial score (nSPS) is 10.0. The number of ether oxygens (including phenoxy) is 2. The molecule has 6 heteroatoms. The summed E-state index contributed by atoms with van der Waals surface area (Å²) < 4.78 is 10.3. The van der Waals surface area contributed by atoms with Crippen LogP contribution in [0.15, 0.2) is 30.7 Å². The minimum atomic E-state index is -0.185. The highest BCUT2D eigenvalue weighted by molar-refractivity contribution is 5.94. The van der Waals surface area contributed by atoms with Gasteiger partial charge >= 0.3 is 0 Å². The predicted octanol–water partition coefficient (Wildman–Crippen LogP) is 1.36. The Morgan fingerprint density at radius 3 is 2.74 bits per heavy atom. The first-order chi connectivity index (χ1) is 9.24. The summed E-state index contributed by atoms with van der Waals surface area (Å²) in [5.74, 6) is 0.930. The van der Waals surface area contributed by atoms with Gasteiger partial charge in [-0.2, -0.15) is 0 Å². The molecule has 0 aliphatic carbocycles. The van der Waals surface area contributed by atoms with Crippen molar-refractivity contribution in [2.45, 2.75) is 6.54 Å². The van der Waals surface area contributed by atoms with E-state index in [0.717, 1.165) is 5.69 Å². The second kappa shape index (κ2) is 5.90. The molecule has 0 unspecified atom stereocenters. The monoisotopic (exact) mass is 261 g/mol. The second-order valence-corrected chi connectivity index (χ2v) is 3.83. The standard InChI is InChI=1S/C13H15N3O3/c1-18-11-4-3-9(5-12(11)19-2)13(17)15-7-10-6-14-8-16-10/h3-6,8H,7H2,1-2H3,(H,14,16)(H,15,17). The number of amides is 1. The van der Waals surface area contributed by atoms with Crippen molar-refractivity contribution in [1.29, 1.82) is 0 Å². The smallest absolute Gasteiger partial charge is 0.251 e. The summed E-state index contributed by atoms with van der Waals surface area (Å²) in [7, 11) is 3.08. The summed E-state index contributed by atoms with van der Waals surface area (Å²) in [6.45, 7) is 0.396. The maximum atomic E-state index is 12.0. The first-order valence-electron chi connectivity index (χ1n) is 5.72. The molecule has 0 spiro atoms. The molecule has 2 rings (SSSR count). The molecule has 1 amide bonds. The Kier molecular flexibility index (Phi) is 4.02. The van der Waals surface area contributed by atoms with Gasteiger partial charge < -0.3 is 19.8 Å². The number of methoxy groups -OCH3 is 2. The molecule has 1 aromatic carbocycles. The zero-order chi connectivity index (χ0) is 13.7. The summed E-state index contributed by atoms with van der Waals surface area (Å²) in [5, 5.41) is 2.78. The van der Waals surface area contributed by atoms with Crippen molar-refractivity contribution in [3.05, 3.63) is 42.0 Å². The maximum absolute atomic E-state index is 12.0. The van der Waals surface area contributed by atoms with E-state index in [1.807, 2.05) is 0 Å². The van der Waals surface area contributed by atoms with Crippen molar-refractivity contribution in [3.8, 4) is 11.5 Å². The van der Waals surface area contributed by atoms with E-state index in [1.54, 1.807) is 37.8 Å². The first-order valence-corrected chi connectivity index (χ1v) is 5.72. The van der Waals surface area contributed by atoms with Crippen molar-refractivity contribution in [3.63, 3.8) is 0 Å². The number of aromatic nitrogens is 2. The minimum Gasteiger partial charge on any atom is -0.493 e. The Bertz CT molecular complexity index is 552. The number of H-pyrrole nitrogens is 1. The highest BCUT2D eigenvalue weighted by Gasteiger charge is 2.10. The fraction of sp³-hybridized carbons (Fsp3) is 0.231. The fourth-order valence-electron chi connectivity index (χ4n) is 1.64. The molecule has 6 nitrogen and oxygen atoms in total. The largest absolute Gasteiger partial charge is 0.493 e. The van der Waals surface area contributed by atoms with Gasteiger partial charge in [0.25, 0.3) is 5.91 Å². The van der Waals surface area contributed by atoms with Crippen molar-refractivity contribution >= 4 is 5.91 Å². The van der Waals surface area contributed by atoms with Crippen LogP contribution in [0.3, 0.4) is 0 Å². The third-order valence-electron chi connectivity index (χ3n) is 2.64. The molecule has 0 saturated carbocycles. The quantitative estimate of drug-likeness (QED) is 0.852. The van der Waals surface area contributed by atoms with E-state index >= 15 is 0 Å². The molecule has 2 N–H and O–H groups in total. The predicted molar refractivity (Wildman–Crippen MR) is 69.3 cm³/mol. The maximum Gasteiger partial charge on any atom is 0.251 e. The van der Waals surface area contributed by atoms with Gasteiger partial charge in [-0.25, -0.2) is 4.98 Å². The number of hydrogen-bond donors (Lipinski definition) is 2. The average Bonchev–Trinajstić information content (AvgIpc) is 2.97. The molecule has 1 aromatic heterocycles. The Balaban J connectivity index is 2.06. The molecule has 2 aromatic rings. The lowest BCUT2D eigenvalue weighted by Gasteiger charge is -2.09. The van der Waals surface area contributed by atoms with Crippen LogP contribution in [-0.4, -0.2) is 30.1 Å². The van der Waals surface area contributed by atoms with Crippen LogP contribution in [-0.2, 0) is 6.54 Å². The van der Waals surface area contributed by atoms with E-state index < -0.39 is 0 Å². The Hall–Kier alpha value is -2.50. The minimum absolute atomic E-state index is 0.185. The Morgan fingerprint density at radius 2 is 2.11 bits per heavy atom. The van der Waals surface area contributed by atoms with Gasteiger partial charge in [-0.05, 0) is 18.2 Å². The lowest BCUT2D eigenvalue weighted by molar-refractivity contribution is 0.0950. The van der Waals surface area contributed by atoms with Crippen LogP contribution in [0.4, 0.5) is 0 Å². The van der Waals surface area contributed by atoms with Gasteiger partial charge in [0.05, 0.1) is 32.8 Å². The van der Waals surface area contributed by atoms with Crippen LogP contribution >= 0.6 is 0 Å². The summed E-state index contributed by atoms with van der Waals surface area (Å²) in [6.07, 6.45) is 3.23. The van der Waals surface area contributed by atoms with Gasteiger partial charge in [0.2, 0.25) is 0 Å². The van der Waals surface area contributed by atoms with E-state index in [9.17, 15) is 4.79 Å². The Labute approximate surface area is 110 Å². The number of carbonyl (C=O) groups excluding carboxylic acids is 1. The molecular weight excluding hydrogens is 246 g/mol. The molecule has 1 heterocycles.